The lowest BCUT2D eigenvalue weighted by Gasteiger charge is -2.12. The molecule has 2 N–H and O–H groups in total. The summed E-state index contributed by atoms with van der Waals surface area (Å²) in [5.74, 6) is -3.32. The third-order valence-electron chi connectivity index (χ3n) is 3.26. The highest BCUT2D eigenvalue weighted by atomic mass is 19.2. The lowest BCUT2D eigenvalue weighted by Crippen LogP contribution is -2.34. The Kier molecular flexibility index (Phi) is 4.85. The number of carboxylic acids is 1. The van der Waals surface area contributed by atoms with Gasteiger partial charge in [-0.3, -0.25) is 4.79 Å². The van der Waals surface area contributed by atoms with Crippen molar-refractivity contribution in [3.8, 4) is 0 Å². The van der Waals surface area contributed by atoms with E-state index in [1.54, 1.807) is 0 Å². The summed E-state index contributed by atoms with van der Waals surface area (Å²) in [7, 11) is 0. The summed E-state index contributed by atoms with van der Waals surface area (Å²) in [5.41, 5.74) is 0.363. The molecule has 1 aromatic carbocycles. The highest BCUT2D eigenvalue weighted by molar-refractivity contribution is 5.78. The van der Waals surface area contributed by atoms with Gasteiger partial charge in [-0.1, -0.05) is 6.07 Å². The molecule has 1 amide bonds. The fourth-order valence-corrected chi connectivity index (χ4v) is 2.16. The van der Waals surface area contributed by atoms with Crippen LogP contribution in [0.25, 0.3) is 0 Å². The van der Waals surface area contributed by atoms with E-state index < -0.39 is 23.7 Å². The summed E-state index contributed by atoms with van der Waals surface area (Å²) in [4.78, 5) is 22.4. The molecule has 114 valence electrons. The first-order valence-electron chi connectivity index (χ1n) is 6.54. The van der Waals surface area contributed by atoms with Crippen LogP contribution in [-0.2, 0) is 20.7 Å². The van der Waals surface area contributed by atoms with E-state index in [4.69, 9.17) is 9.84 Å². The van der Waals surface area contributed by atoms with Crippen LogP contribution >= 0.6 is 0 Å². The second kappa shape index (κ2) is 6.62. The minimum absolute atomic E-state index is 0.0771. The van der Waals surface area contributed by atoms with Crippen molar-refractivity contribution in [2.75, 3.05) is 6.54 Å². The molecular formula is C14H15F2NO4. The second-order valence-electron chi connectivity index (χ2n) is 4.89. The monoisotopic (exact) mass is 299 g/mol. The third-order valence-corrected chi connectivity index (χ3v) is 3.26. The Morgan fingerprint density at radius 1 is 1.29 bits per heavy atom. The third kappa shape index (κ3) is 4.22. The molecule has 0 aliphatic carbocycles. The van der Waals surface area contributed by atoms with Gasteiger partial charge in [0.15, 0.2) is 17.7 Å². The number of halogens is 2. The molecule has 0 aromatic heterocycles. The molecule has 1 aromatic rings. The molecule has 5 nitrogen and oxygen atoms in total. The Morgan fingerprint density at radius 2 is 2.05 bits per heavy atom. The molecule has 1 saturated heterocycles. The van der Waals surface area contributed by atoms with Crippen LogP contribution in [0, 0.1) is 11.6 Å². The first kappa shape index (κ1) is 15.4. The number of hydrogen-bond donors (Lipinski definition) is 2. The standard InChI is InChI=1S/C14H15F2NO4/c15-10-3-1-8(5-11(10)16)6-13(18)17-7-9-2-4-12(21-9)14(19)20/h1,3,5,9,12H,2,4,6-7H2,(H,17,18)(H,19,20). The van der Waals surface area contributed by atoms with E-state index in [1.165, 1.54) is 6.07 Å². The van der Waals surface area contributed by atoms with Crippen molar-refractivity contribution in [2.45, 2.75) is 31.5 Å². The fourth-order valence-electron chi connectivity index (χ4n) is 2.16. The van der Waals surface area contributed by atoms with Crippen LogP contribution in [0.1, 0.15) is 18.4 Å². The highest BCUT2D eigenvalue weighted by Gasteiger charge is 2.30. The number of carboxylic acid groups (broad SMARTS) is 1. The van der Waals surface area contributed by atoms with E-state index in [-0.39, 0.29) is 25.0 Å². The van der Waals surface area contributed by atoms with Crippen LogP contribution in [-0.4, -0.2) is 35.7 Å². The quantitative estimate of drug-likeness (QED) is 0.858. The molecule has 1 aliphatic rings. The van der Waals surface area contributed by atoms with Gasteiger partial charge in [-0.25, -0.2) is 13.6 Å². The first-order valence-corrected chi connectivity index (χ1v) is 6.54. The molecule has 0 saturated carbocycles. The maximum atomic E-state index is 13.0. The van der Waals surface area contributed by atoms with Gasteiger partial charge in [0.05, 0.1) is 12.5 Å². The number of carbonyl (C=O) groups is 2. The predicted molar refractivity (Wildman–Crippen MR) is 68.6 cm³/mol. The SMILES string of the molecule is O=C(Cc1ccc(F)c(F)c1)NCC1CCC(C(=O)O)O1. The maximum absolute atomic E-state index is 13.0. The molecule has 2 atom stereocenters. The largest absolute Gasteiger partial charge is 0.479 e. The summed E-state index contributed by atoms with van der Waals surface area (Å²) in [6.07, 6.45) is -0.258. The summed E-state index contributed by atoms with van der Waals surface area (Å²) in [6, 6.07) is 3.28. The zero-order valence-electron chi connectivity index (χ0n) is 11.1. The molecule has 2 unspecified atom stereocenters. The molecule has 0 radical (unpaired) electrons. The van der Waals surface area contributed by atoms with Crippen molar-refractivity contribution in [1.29, 1.82) is 0 Å². The summed E-state index contributed by atoms with van der Waals surface area (Å²) >= 11 is 0. The average Bonchev–Trinajstić information content (AvgIpc) is 2.90. The Labute approximate surface area is 119 Å². The normalized spacial score (nSPS) is 21.2. The predicted octanol–water partition coefficient (Wildman–Crippen LogP) is 1.26. The Bertz CT molecular complexity index is 550. The zero-order chi connectivity index (χ0) is 15.4. The van der Waals surface area contributed by atoms with E-state index >= 15 is 0 Å². The number of amides is 1. The van der Waals surface area contributed by atoms with Crippen molar-refractivity contribution in [2.24, 2.45) is 0 Å². The van der Waals surface area contributed by atoms with Gasteiger partial charge in [-0.05, 0) is 30.5 Å². The van der Waals surface area contributed by atoms with E-state index in [0.717, 1.165) is 12.1 Å². The minimum atomic E-state index is -1.01. The van der Waals surface area contributed by atoms with Gasteiger partial charge < -0.3 is 15.2 Å². The van der Waals surface area contributed by atoms with Crippen molar-refractivity contribution >= 4 is 11.9 Å². The molecule has 1 aliphatic heterocycles. The second-order valence-corrected chi connectivity index (χ2v) is 4.89. The number of aliphatic carboxylic acids is 1. The van der Waals surface area contributed by atoms with Crippen molar-refractivity contribution in [3.05, 3.63) is 35.4 Å². The van der Waals surface area contributed by atoms with Crippen molar-refractivity contribution in [1.82, 2.24) is 5.32 Å². The van der Waals surface area contributed by atoms with Crippen LogP contribution in [0.3, 0.4) is 0 Å². The van der Waals surface area contributed by atoms with Crippen LogP contribution < -0.4 is 5.32 Å². The average molecular weight is 299 g/mol. The van der Waals surface area contributed by atoms with E-state index in [9.17, 15) is 18.4 Å². The number of benzene rings is 1. The van der Waals surface area contributed by atoms with Gasteiger partial charge in [0.25, 0.3) is 0 Å². The highest BCUT2D eigenvalue weighted by Crippen LogP contribution is 2.19. The van der Waals surface area contributed by atoms with Crippen LogP contribution in [0.5, 0.6) is 0 Å². The number of carbonyl (C=O) groups excluding carboxylic acids is 1. The molecule has 1 heterocycles. The Balaban J connectivity index is 1.77. The van der Waals surface area contributed by atoms with Crippen molar-refractivity contribution < 1.29 is 28.2 Å². The summed E-state index contributed by atoms with van der Waals surface area (Å²) < 4.78 is 31.0. The van der Waals surface area contributed by atoms with Gasteiger partial charge >= 0.3 is 5.97 Å². The number of ether oxygens (including phenoxy) is 1. The molecule has 21 heavy (non-hydrogen) atoms. The summed E-state index contributed by atoms with van der Waals surface area (Å²) in [6.45, 7) is 0.201. The fraction of sp³-hybridized carbons (Fsp3) is 0.429. The zero-order valence-corrected chi connectivity index (χ0v) is 11.1. The van der Waals surface area contributed by atoms with E-state index in [0.29, 0.717) is 18.4 Å². The Hall–Kier alpha value is -2.02. The van der Waals surface area contributed by atoms with Gasteiger partial charge in [-0.15, -0.1) is 0 Å². The summed E-state index contributed by atoms with van der Waals surface area (Å²) in [5, 5.41) is 11.4. The van der Waals surface area contributed by atoms with Gasteiger partial charge in [0, 0.05) is 6.54 Å². The molecular weight excluding hydrogens is 284 g/mol. The topological polar surface area (TPSA) is 75.6 Å². The molecule has 7 heteroatoms. The van der Waals surface area contributed by atoms with Crippen LogP contribution in [0.15, 0.2) is 18.2 Å². The van der Waals surface area contributed by atoms with Crippen LogP contribution in [0.4, 0.5) is 8.78 Å². The van der Waals surface area contributed by atoms with Gasteiger partial charge in [-0.2, -0.15) is 0 Å². The maximum Gasteiger partial charge on any atom is 0.332 e. The number of nitrogens with one attached hydrogen (secondary N) is 1. The molecule has 0 bridgehead atoms. The number of rotatable bonds is 5. The lowest BCUT2D eigenvalue weighted by atomic mass is 10.1. The van der Waals surface area contributed by atoms with Gasteiger partial charge in [0.1, 0.15) is 0 Å². The molecule has 1 fully saturated rings. The van der Waals surface area contributed by atoms with E-state index in [2.05, 4.69) is 5.32 Å². The van der Waals surface area contributed by atoms with Crippen molar-refractivity contribution in [3.63, 3.8) is 0 Å². The smallest absolute Gasteiger partial charge is 0.332 e. The minimum Gasteiger partial charge on any atom is -0.479 e. The molecule has 0 spiro atoms. The first-order chi connectivity index (χ1) is 9.95. The molecule has 2 rings (SSSR count). The lowest BCUT2D eigenvalue weighted by molar-refractivity contribution is -0.149. The number of hydrogen-bond acceptors (Lipinski definition) is 3. The van der Waals surface area contributed by atoms with E-state index in [1.807, 2.05) is 0 Å². The van der Waals surface area contributed by atoms with Gasteiger partial charge in [0.2, 0.25) is 5.91 Å². The van der Waals surface area contributed by atoms with Crippen LogP contribution in [0.2, 0.25) is 0 Å². The Morgan fingerprint density at radius 3 is 2.67 bits per heavy atom.